The van der Waals surface area contributed by atoms with Gasteiger partial charge >= 0.3 is 0 Å². The van der Waals surface area contributed by atoms with Crippen molar-refractivity contribution in [3.8, 4) is 17.0 Å². The van der Waals surface area contributed by atoms with Crippen LogP contribution in [0.2, 0.25) is 0 Å². The van der Waals surface area contributed by atoms with Crippen LogP contribution in [-0.2, 0) is 12.8 Å². The summed E-state index contributed by atoms with van der Waals surface area (Å²) in [6.07, 6.45) is 5.61. The first-order chi connectivity index (χ1) is 8.36. The van der Waals surface area contributed by atoms with E-state index in [1.54, 1.807) is 7.11 Å². The Morgan fingerprint density at radius 3 is 2.59 bits per heavy atom. The van der Waals surface area contributed by atoms with E-state index in [9.17, 15) is 0 Å². The van der Waals surface area contributed by atoms with E-state index < -0.39 is 0 Å². The van der Waals surface area contributed by atoms with Gasteiger partial charge in [-0.25, -0.2) is 4.98 Å². The Balaban J connectivity index is 1.97. The summed E-state index contributed by atoms with van der Waals surface area (Å²) < 4.78 is 5.07. The first kappa shape index (κ1) is 10.3. The van der Waals surface area contributed by atoms with Crippen LogP contribution in [0.15, 0.2) is 36.5 Å². The van der Waals surface area contributed by atoms with Crippen molar-refractivity contribution in [3.63, 3.8) is 0 Å². The maximum atomic E-state index is 5.07. The molecule has 0 fully saturated rings. The van der Waals surface area contributed by atoms with Gasteiger partial charge in [0.2, 0.25) is 5.88 Å². The SMILES string of the molecule is COc1ccc(-c2ccc3c(c2)CCC3)cn1. The van der Waals surface area contributed by atoms with E-state index in [1.807, 2.05) is 12.3 Å². The zero-order valence-electron chi connectivity index (χ0n) is 9.94. The number of methoxy groups -OCH3 is 1. The molecule has 0 atom stereocenters. The van der Waals surface area contributed by atoms with Gasteiger partial charge in [0.15, 0.2) is 0 Å². The van der Waals surface area contributed by atoms with Crippen molar-refractivity contribution in [2.75, 3.05) is 7.11 Å². The van der Waals surface area contributed by atoms with Gasteiger partial charge in [-0.1, -0.05) is 18.2 Å². The highest BCUT2D eigenvalue weighted by atomic mass is 16.5. The predicted octanol–water partition coefficient (Wildman–Crippen LogP) is 3.25. The molecule has 0 unspecified atom stereocenters. The van der Waals surface area contributed by atoms with Crippen LogP contribution in [0.25, 0.3) is 11.1 Å². The molecule has 17 heavy (non-hydrogen) atoms. The van der Waals surface area contributed by atoms with Gasteiger partial charge in [-0.2, -0.15) is 0 Å². The quantitative estimate of drug-likeness (QED) is 0.782. The summed E-state index contributed by atoms with van der Waals surface area (Å²) in [5.74, 6) is 0.662. The number of fused-ring (bicyclic) bond motifs is 1. The van der Waals surface area contributed by atoms with Crippen molar-refractivity contribution in [1.29, 1.82) is 0 Å². The molecule has 0 spiro atoms. The van der Waals surface area contributed by atoms with Crippen molar-refractivity contribution in [2.45, 2.75) is 19.3 Å². The number of hydrogen-bond donors (Lipinski definition) is 0. The minimum atomic E-state index is 0.662. The first-order valence-electron chi connectivity index (χ1n) is 5.99. The molecule has 3 rings (SSSR count). The van der Waals surface area contributed by atoms with E-state index in [2.05, 4.69) is 29.2 Å². The van der Waals surface area contributed by atoms with Gasteiger partial charge in [-0.05, 0) is 42.0 Å². The van der Waals surface area contributed by atoms with Crippen LogP contribution in [0.3, 0.4) is 0 Å². The summed E-state index contributed by atoms with van der Waals surface area (Å²) in [6.45, 7) is 0. The molecule has 0 radical (unpaired) electrons. The monoisotopic (exact) mass is 225 g/mol. The van der Waals surface area contributed by atoms with E-state index in [1.165, 1.54) is 36.0 Å². The van der Waals surface area contributed by atoms with Crippen LogP contribution in [0.1, 0.15) is 17.5 Å². The largest absolute Gasteiger partial charge is 0.481 e. The lowest BCUT2D eigenvalue weighted by Crippen LogP contribution is -1.88. The summed E-state index contributed by atoms with van der Waals surface area (Å²) in [6, 6.07) is 10.7. The Bertz CT molecular complexity index is 531. The van der Waals surface area contributed by atoms with Crippen molar-refractivity contribution in [3.05, 3.63) is 47.7 Å². The fraction of sp³-hybridized carbons (Fsp3) is 0.267. The zero-order chi connectivity index (χ0) is 11.7. The van der Waals surface area contributed by atoms with E-state index in [-0.39, 0.29) is 0 Å². The summed E-state index contributed by atoms with van der Waals surface area (Å²) in [5.41, 5.74) is 5.41. The number of aromatic nitrogens is 1. The topological polar surface area (TPSA) is 22.1 Å². The van der Waals surface area contributed by atoms with Crippen LogP contribution in [0, 0.1) is 0 Å². The van der Waals surface area contributed by atoms with Crippen molar-refractivity contribution in [2.24, 2.45) is 0 Å². The summed E-state index contributed by atoms with van der Waals surface area (Å²) in [4.78, 5) is 4.24. The van der Waals surface area contributed by atoms with Gasteiger partial charge < -0.3 is 4.74 Å². The molecule has 1 aliphatic carbocycles. The highest BCUT2D eigenvalue weighted by molar-refractivity contribution is 5.64. The number of ether oxygens (including phenoxy) is 1. The third kappa shape index (κ3) is 1.91. The highest BCUT2D eigenvalue weighted by Gasteiger charge is 2.11. The third-order valence-corrected chi connectivity index (χ3v) is 3.38. The first-order valence-corrected chi connectivity index (χ1v) is 5.99. The molecule has 0 saturated heterocycles. The Hall–Kier alpha value is -1.83. The fourth-order valence-electron chi connectivity index (χ4n) is 2.42. The number of pyridine rings is 1. The lowest BCUT2D eigenvalue weighted by atomic mass is 10.0. The molecule has 86 valence electrons. The molecule has 1 aromatic carbocycles. The van der Waals surface area contributed by atoms with Crippen molar-refractivity contribution >= 4 is 0 Å². The Morgan fingerprint density at radius 1 is 1.00 bits per heavy atom. The molecule has 0 amide bonds. The number of rotatable bonds is 2. The van der Waals surface area contributed by atoms with Crippen molar-refractivity contribution in [1.82, 2.24) is 4.98 Å². The molecule has 1 aliphatic rings. The maximum absolute atomic E-state index is 5.07. The summed E-state index contributed by atoms with van der Waals surface area (Å²) in [5, 5.41) is 0. The zero-order valence-corrected chi connectivity index (χ0v) is 9.94. The molecule has 0 N–H and O–H groups in total. The minimum absolute atomic E-state index is 0.662. The summed E-state index contributed by atoms with van der Waals surface area (Å²) >= 11 is 0. The molecular formula is C15H15NO. The normalized spacial score (nSPS) is 13.5. The molecule has 0 aliphatic heterocycles. The number of benzene rings is 1. The second-order valence-corrected chi connectivity index (χ2v) is 4.43. The van der Waals surface area contributed by atoms with E-state index >= 15 is 0 Å². The highest BCUT2D eigenvalue weighted by Crippen LogP contribution is 2.28. The average Bonchev–Trinajstić information content (AvgIpc) is 2.86. The molecule has 2 aromatic rings. The Morgan fingerprint density at radius 2 is 1.82 bits per heavy atom. The van der Waals surface area contributed by atoms with Gasteiger partial charge in [0.1, 0.15) is 0 Å². The third-order valence-electron chi connectivity index (χ3n) is 3.38. The van der Waals surface area contributed by atoms with Crippen molar-refractivity contribution < 1.29 is 4.74 Å². The molecule has 1 aromatic heterocycles. The van der Waals surface area contributed by atoms with Crippen LogP contribution < -0.4 is 4.74 Å². The van der Waals surface area contributed by atoms with Gasteiger partial charge in [-0.15, -0.1) is 0 Å². The summed E-state index contributed by atoms with van der Waals surface area (Å²) in [7, 11) is 1.64. The smallest absolute Gasteiger partial charge is 0.212 e. The van der Waals surface area contributed by atoms with E-state index in [0.29, 0.717) is 5.88 Å². The second-order valence-electron chi connectivity index (χ2n) is 4.43. The predicted molar refractivity (Wildman–Crippen MR) is 68.3 cm³/mol. The number of hydrogen-bond acceptors (Lipinski definition) is 2. The van der Waals surface area contributed by atoms with Crippen LogP contribution in [0.5, 0.6) is 5.88 Å². The fourth-order valence-corrected chi connectivity index (χ4v) is 2.42. The van der Waals surface area contributed by atoms with Crippen LogP contribution in [-0.4, -0.2) is 12.1 Å². The van der Waals surface area contributed by atoms with Gasteiger partial charge in [-0.3, -0.25) is 0 Å². The molecule has 1 heterocycles. The Kier molecular flexibility index (Phi) is 2.56. The molecule has 2 nitrogen and oxygen atoms in total. The molecule has 0 saturated carbocycles. The lowest BCUT2D eigenvalue weighted by Gasteiger charge is -2.05. The minimum Gasteiger partial charge on any atom is -0.481 e. The number of nitrogens with zero attached hydrogens (tertiary/aromatic N) is 1. The maximum Gasteiger partial charge on any atom is 0.212 e. The number of aryl methyl sites for hydroxylation is 2. The second kappa shape index (κ2) is 4.21. The van der Waals surface area contributed by atoms with Crippen LogP contribution in [0.4, 0.5) is 0 Å². The molecule has 2 heteroatoms. The van der Waals surface area contributed by atoms with Gasteiger partial charge in [0.05, 0.1) is 7.11 Å². The van der Waals surface area contributed by atoms with Gasteiger partial charge in [0.25, 0.3) is 0 Å². The molecule has 0 bridgehead atoms. The Labute approximate surface area is 101 Å². The molecular weight excluding hydrogens is 210 g/mol. The van der Waals surface area contributed by atoms with Crippen LogP contribution >= 0.6 is 0 Å². The van der Waals surface area contributed by atoms with E-state index in [4.69, 9.17) is 4.74 Å². The van der Waals surface area contributed by atoms with E-state index in [0.717, 1.165) is 5.56 Å². The standard InChI is InChI=1S/C15H15NO/c1-17-15-8-7-14(10-16-15)13-6-5-11-3-2-4-12(11)9-13/h5-10H,2-4H2,1H3. The van der Waals surface area contributed by atoms with Gasteiger partial charge in [0, 0.05) is 17.8 Å². The average molecular weight is 225 g/mol. The lowest BCUT2D eigenvalue weighted by molar-refractivity contribution is 0.398.